The average Bonchev–Trinajstić information content (AvgIpc) is 2.45. The molecule has 0 saturated heterocycles. The third-order valence-corrected chi connectivity index (χ3v) is 3.29. The molecule has 0 aliphatic carbocycles. The number of methoxy groups -OCH3 is 1. The number of nitrogen functional groups attached to an aromatic ring is 1. The Kier molecular flexibility index (Phi) is 6.71. The monoisotopic (exact) mass is 297 g/mol. The molecule has 0 aliphatic rings. The van der Waals surface area contributed by atoms with Crippen LogP contribution in [-0.4, -0.2) is 22.2 Å². The van der Waals surface area contributed by atoms with Crippen molar-refractivity contribution in [2.45, 2.75) is 52.1 Å². The van der Waals surface area contributed by atoms with Crippen molar-refractivity contribution in [3.05, 3.63) is 26.9 Å². The van der Waals surface area contributed by atoms with Gasteiger partial charge < -0.3 is 10.5 Å². The minimum absolute atomic E-state index is 0.198. The van der Waals surface area contributed by atoms with E-state index in [4.69, 9.17) is 5.73 Å². The lowest BCUT2D eigenvalue weighted by Crippen LogP contribution is -2.40. The van der Waals surface area contributed by atoms with Crippen LogP contribution in [0.3, 0.4) is 0 Å². The zero-order valence-electron chi connectivity index (χ0n) is 12.6. The van der Waals surface area contributed by atoms with Crippen molar-refractivity contribution in [2.75, 3.05) is 12.8 Å². The average molecular weight is 297 g/mol. The number of carbonyl (C=O) groups excluding carboxylic acids is 1. The van der Waals surface area contributed by atoms with Crippen molar-refractivity contribution >= 4 is 11.8 Å². The van der Waals surface area contributed by atoms with E-state index in [1.165, 1.54) is 22.3 Å². The molecule has 1 aromatic heterocycles. The molecule has 7 heteroatoms. The number of nitrogens with zero attached hydrogens (tertiary/aromatic N) is 2. The van der Waals surface area contributed by atoms with Gasteiger partial charge in [-0.05, 0) is 19.3 Å². The lowest BCUT2D eigenvalue weighted by Gasteiger charge is -2.12. The van der Waals surface area contributed by atoms with Crippen molar-refractivity contribution in [3.63, 3.8) is 0 Å². The smallest absolute Gasteiger partial charge is 0.332 e. The minimum atomic E-state index is -0.400. The summed E-state index contributed by atoms with van der Waals surface area (Å²) in [4.78, 5) is 35.1. The van der Waals surface area contributed by atoms with Crippen LogP contribution in [0.1, 0.15) is 39.0 Å². The standard InChI is InChI=1S/C14H23N3O4/c1-3-4-8-16-11(15)10-12(18)17(14(16)20)9-6-5-7-13(19)21-2/h10H,3-9,15H2,1-2H3. The van der Waals surface area contributed by atoms with E-state index in [-0.39, 0.29) is 30.4 Å². The zero-order valence-corrected chi connectivity index (χ0v) is 12.6. The van der Waals surface area contributed by atoms with Gasteiger partial charge >= 0.3 is 11.7 Å². The van der Waals surface area contributed by atoms with E-state index in [0.29, 0.717) is 19.4 Å². The van der Waals surface area contributed by atoms with Gasteiger partial charge in [0.25, 0.3) is 5.56 Å². The SMILES string of the molecule is CCCCn1c(N)cc(=O)n(CCCCC(=O)OC)c1=O. The molecule has 2 N–H and O–H groups in total. The third kappa shape index (κ3) is 4.77. The molecule has 0 aliphatic heterocycles. The first-order valence-corrected chi connectivity index (χ1v) is 7.18. The minimum Gasteiger partial charge on any atom is -0.469 e. The van der Waals surface area contributed by atoms with Crippen molar-refractivity contribution in [2.24, 2.45) is 0 Å². The fourth-order valence-electron chi connectivity index (χ4n) is 2.02. The van der Waals surface area contributed by atoms with E-state index in [1.54, 1.807) is 0 Å². The highest BCUT2D eigenvalue weighted by atomic mass is 16.5. The summed E-state index contributed by atoms with van der Waals surface area (Å²) >= 11 is 0. The fourth-order valence-corrected chi connectivity index (χ4v) is 2.02. The second-order valence-corrected chi connectivity index (χ2v) is 4.88. The molecule has 1 heterocycles. The summed E-state index contributed by atoms with van der Waals surface area (Å²) in [5.74, 6) is -0.0933. The number of rotatable bonds is 8. The van der Waals surface area contributed by atoms with E-state index in [1.807, 2.05) is 6.92 Å². The quantitative estimate of drug-likeness (QED) is 0.564. The summed E-state index contributed by atoms with van der Waals surface area (Å²) < 4.78 is 7.13. The number of nitrogens with two attached hydrogens (primary N) is 1. The Bertz CT molecular complexity index is 589. The first-order chi connectivity index (χ1) is 10.0. The van der Waals surface area contributed by atoms with Gasteiger partial charge in [0.1, 0.15) is 5.82 Å². The van der Waals surface area contributed by atoms with E-state index in [0.717, 1.165) is 12.8 Å². The number of ether oxygens (including phenoxy) is 1. The van der Waals surface area contributed by atoms with Gasteiger partial charge in [-0.15, -0.1) is 0 Å². The molecule has 118 valence electrons. The number of hydrogen-bond acceptors (Lipinski definition) is 5. The van der Waals surface area contributed by atoms with E-state index in [2.05, 4.69) is 4.74 Å². The topological polar surface area (TPSA) is 96.3 Å². The first-order valence-electron chi connectivity index (χ1n) is 7.18. The molecule has 0 spiro atoms. The highest BCUT2D eigenvalue weighted by Crippen LogP contribution is 2.01. The van der Waals surface area contributed by atoms with Crippen molar-refractivity contribution in [3.8, 4) is 0 Å². The van der Waals surface area contributed by atoms with Crippen LogP contribution in [0.5, 0.6) is 0 Å². The van der Waals surface area contributed by atoms with Gasteiger partial charge in [0, 0.05) is 25.6 Å². The summed E-state index contributed by atoms with van der Waals surface area (Å²) in [5, 5.41) is 0. The Morgan fingerprint density at radius 1 is 1.19 bits per heavy atom. The predicted molar refractivity (Wildman–Crippen MR) is 80.1 cm³/mol. The van der Waals surface area contributed by atoms with Gasteiger partial charge in [0.2, 0.25) is 0 Å². The number of hydrogen-bond donors (Lipinski definition) is 1. The molecule has 0 bridgehead atoms. The maximum atomic E-state index is 12.3. The van der Waals surface area contributed by atoms with Gasteiger partial charge in [-0.1, -0.05) is 13.3 Å². The van der Waals surface area contributed by atoms with E-state index < -0.39 is 5.56 Å². The predicted octanol–water partition coefficient (Wildman–Crippen LogP) is 0.736. The van der Waals surface area contributed by atoms with Crippen molar-refractivity contribution < 1.29 is 9.53 Å². The van der Waals surface area contributed by atoms with Crippen LogP contribution in [0.25, 0.3) is 0 Å². The largest absolute Gasteiger partial charge is 0.469 e. The highest BCUT2D eigenvalue weighted by molar-refractivity contribution is 5.68. The summed E-state index contributed by atoms with van der Waals surface area (Å²) in [6.07, 6.45) is 3.17. The molecule has 7 nitrogen and oxygen atoms in total. The van der Waals surface area contributed by atoms with Crippen molar-refractivity contribution in [1.29, 1.82) is 0 Å². The normalized spacial score (nSPS) is 10.6. The number of aromatic nitrogens is 2. The summed E-state index contributed by atoms with van der Waals surface area (Å²) in [6, 6.07) is 1.28. The molecule has 0 saturated carbocycles. The molecule has 0 amide bonds. The Balaban J connectivity index is 2.80. The van der Waals surface area contributed by atoms with Crippen LogP contribution in [0, 0.1) is 0 Å². The molecule has 0 fully saturated rings. The fraction of sp³-hybridized carbons (Fsp3) is 0.643. The lowest BCUT2D eigenvalue weighted by molar-refractivity contribution is -0.140. The molecule has 21 heavy (non-hydrogen) atoms. The maximum absolute atomic E-state index is 12.3. The molecule has 0 atom stereocenters. The Morgan fingerprint density at radius 3 is 2.48 bits per heavy atom. The van der Waals surface area contributed by atoms with Gasteiger partial charge in [-0.3, -0.25) is 18.7 Å². The lowest BCUT2D eigenvalue weighted by atomic mass is 10.2. The van der Waals surface area contributed by atoms with Crippen molar-refractivity contribution in [1.82, 2.24) is 9.13 Å². The number of esters is 1. The second kappa shape index (κ2) is 8.28. The Labute approximate surface area is 123 Å². The molecule has 0 aromatic carbocycles. The zero-order chi connectivity index (χ0) is 15.8. The van der Waals surface area contributed by atoms with Crippen LogP contribution in [0.2, 0.25) is 0 Å². The Hall–Kier alpha value is -2.05. The number of anilines is 1. The number of unbranched alkanes of at least 4 members (excludes halogenated alkanes) is 2. The van der Waals surface area contributed by atoms with Crippen LogP contribution in [0.15, 0.2) is 15.7 Å². The Morgan fingerprint density at radius 2 is 1.86 bits per heavy atom. The van der Waals surface area contributed by atoms with Gasteiger partial charge in [-0.2, -0.15) is 0 Å². The third-order valence-electron chi connectivity index (χ3n) is 3.29. The molecule has 0 radical (unpaired) electrons. The molecule has 0 unspecified atom stereocenters. The molecular weight excluding hydrogens is 274 g/mol. The summed E-state index contributed by atoms with van der Waals surface area (Å²) in [6.45, 7) is 2.80. The molecular formula is C14H23N3O4. The summed E-state index contributed by atoms with van der Waals surface area (Å²) in [5.41, 5.74) is 4.95. The second-order valence-electron chi connectivity index (χ2n) is 4.88. The van der Waals surface area contributed by atoms with Crippen LogP contribution >= 0.6 is 0 Å². The number of carbonyl (C=O) groups is 1. The molecule has 1 aromatic rings. The first kappa shape index (κ1) is 17.0. The van der Waals surface area contributed by atoms with Crippen LogP contribution in [-0.2, 0) is 22.6 Å². The van der Waals surface area contributed by atoms with Gasteiger partial charge in [0.05, 0.1) is 7.11 Å². The molecule has 1 rings (SSSR count). The van der Waals surface area contributed by atoms with E-state index in [9.17, 15) is 14.4 Å². The van der Waals surface area contributed by atoms with Gasteiger partial charge in [-0.25, -0.2) is 4.79 Å². The van der Waals surface area contributed by atoms with E-state index >= 15 is 0 Å². The highest BCUT2D eigenvalue weighted by Gasteiger charge is 2.09. The van der Waals surface area contributed by atoms with Gasteiger partial charge in [0.15, 0.2) is 0 Å². The maximum Gasteiger partial charge on any atom is 0.332 e. The summed E-state index contributed by atoms with van der Waals surface area (Å²) in [7, 11) is 1.33. The van der Waals surface area contributed by atoms with Crippen LogP contribution < -0.4 is 17.0 Å². The van der Waals surface area contributed by atoms with Crippen LogP contribution in [0.4, 0.5) is 5.82 Å².